The Kier molecular flexibility index (Phi) is 5.16. The van der Waals surface area contributed by atoms with Crippen molar-refractivity contribution in [3.05, 3.63) is 0 Å². The van der Waals surface area contributed by atoms with Gasteiger partial charge >= 0.3 is 0 Å². The Bertz CT molecular complexity index is 620. The highest BCUT2D eigenvalue weighted by Crippen LogP contribution is 2.67. The smallest absolute Gasteiger partial charge is 0.139 e. The molecule has 2 unspecified atom stereocenters. The lowest BCUT2D eigenvalue weighted by Gasteiger charge is -2.62. The first kappa shape index (κ1) is 19.9. The second-order valence-corrected chi connectivity index (χ2v) is 12.8. The lowest BCUT2D eigenvalue weighted by molar-refractivity contribution is -0.152. The van der Waals surface area contributed by atoms with Crippen molar-refractivity contribution >= 4 is 17.5 Å². The summed E-state index contributed by atoms with van der Waals surface area (Å²) in [5, 5.41) is 15.5. The van der Waals surface area contributed by atoms with E-state index in [2.05, 4.69) is 30.9 Å². The number of rotatable bonds is 3. The van der Waals surface area contributed by atoms with Crippen molar-refractivity contribution in [1.82, 2.24) is 5.32 Å². The van der Waals surface area contributed by atoms with Gasteiger partial charge < -0.3 is 10.4 Å². The topological polar surface area (TPSA) is 49.3 Å². The standard InChI is InChI=1S/C24H39NO2S/c1-23-8-5-17(28-18-7-10-25-13-18)12-16(23)11-15(14-26)22-19-3-4-21(27)24(19,2)9-6-20(22)23/h15-20,22,25-26H,3-14H2,1-2H3/t15-,16?,17+,18?,19-,20-,22-,23-,24-/m0/s1. The molecule has 5 fully saturated rings. The highest BCUT2D eigenvalue weighted by atomic mass is 32.2. The van der Waals surface area contributed by atoms with Crippen molar-refractivity contribution in [2.75, 3.05) is 19.7 Å². The first-order valence-electron chi connectivity index (χ1n) is 12.0. The van der Waals surface area contributed by atoms with Crippen LogP contribution >= 0.6 is 11.8 Å². The lowest BCUT2D eigenvalue weighted by Crippen LogP contribution is -2.57. The fraction of sp³-hybridized carbons (Fsp3) is 0.958. The molecule has 0 radical (unpaired) electrons. The predicted octanol–water partition coefficient (Wildman–Crippen LogP) is 4.28. The average molecular weight is 406 g/mol. The molecule has 1 heterocycles. The summed E-state index contributed by atoms with van der Waals surface area (Å²) in [6.07, 6.45) is 10.8. The minimum Gasteiger partial charge on any atom is -0.396 e. The number of carbonyl (C=O) groups excluding carboxylic acids is 1. The van der Waals surface area contributed by atoms with Gasteiger partial charge in [0, 0.05) is 35.5 Å². The van der Waals surface area contributed by atoms with Crippen LogP contribution < -0.4 is 5.32 Å². The quantitative estimate of drug-likeness (QED) is 0.736. The van der Waals surface area contributed by atoms with Crippen LogP contribution in [0, 0.1) is 40.4 Å². The third kappa shape index (κ3) is 2.95. The minimum atomic E-state index is -0.0830. The van der Waals surface area contributed by atoms with Crippen LogP contribution in [0.2, 0.25) is 0 Å². The number of hydrogen-bond acceptors (Lipinski definition) is 4. The van der Waals surface area contributed by atoms with Crippen LogP contribution in [-0.4, -0.2) is 41.1 Å². The van der Waals surface area contributed by atoms with Gasteiger partial charge in [0.15, 0.2) is 0 Å². The third-order valence-electron chi connectivity index (χ3n) is 10.1. The molecular weight excluding hydrogens is 366 g/mol. The Morgan fingerprint density at radius 2 is 1.93 bits per heavy atom. The fourth-order valence-corrected chi connectivity index (χ4v) is 10.1. The minimum absolute atomic E-state index is 0.0830. The fourth-order valence-electron chi connectivity index (χ4n) is 8.49. The van der Waals surface area contributed by atoms with Crippen molar-refractivity contribution in [3.63, 3.8) is 0 Å². The molecular formula is C24H39NO2S. The van der Waals surface area contributed by atoms with E-state index in [9.17, 15) is 9.90 Å². The molecule has 28 heavy (non-hydrogen) atoms. The van der Waals surface area contributed by atoms with Gasteiger partial charge in [-0.25, -0.2) is 0 Å². The number of ketones is 1. The summed E-state index contributed by atoms with van der Waals surface area (Å²) in [5.74, 6) is 3.56. The Morgan fingerprint density at radius 1 is 1.07 bits per heavy atom. The molecule has 0 aromatic carbocycles. The zero-order valence-electron chi connectivity index (χ0n) is 17.8. The van der Waals surface area contributed by atoms with Gasteiger partial charge in [-0.3, -0.25) is 4.79 Å². The molecule has 9 atom stereocenters. The maximum absolute atomic E-state index is 12.7. The Labute approximate surface area is 175 Å². The van der Waals surface area contributed by atoms with Gasteiger partial charge in [-0.1, -0.05) is 13.8 Å². The van der Waals surface area contributed by atoms with Crippen LogP contribution in [-0.2, 0) is 4.79 Å². The monoisotopic (exact) mass is 405 g/mol. The normalized spacial score (nSPS) is 53.5. The number of aliphatic hydroxyl groups excluding tert-OH is 1. The highest BCUT2D eigenvalue weighted by Gasteiger charge is 2.62. The van der Waals surface area contributed by atoms with Gasteiger partial charge in [0.2, 0.25) is 0 Å². The van der Waals surface area contributed by atoms with Crippen molar-refractivity contribution in [3.8, 4) is 0 Å². The van der Waals surface area contributed by atoms with Crippen molar-refractivity contribution < 1.29 is 9.90 Å². The van der Waals surface area contributed by atoms with Gasteiger partial charge in [-0.15, -0.1) is 0 Å². The SMILES string of the molecule is C[C@]12CC[C@@H](SC3CCNC3)CC1C[C@@H](CO)[C@@H]1[C@@H]2CC[C@]2(C)C(=O)CC[C@@H]12. The first-order chi connectivity index (χ1) is 13.5. The Morgan fingerprint density at radius 3 is 2.68 bits per heavy atom. The van der Waals surface area contributed by atoms with Gasteiger partial charge in [0.05, 0.1) is 0 Å². The number of thioether (sulfide) groups is 1. The van der Waals surface area contributed by atoms with E-state index in [-0.39, 0.29) is 5.41 Å². The van der Waals surface area contributed by atoms with Crippen LogP contribution in [0.4, 0.5) is 0 Å². The number of Topliss-reactive ketones (excluding diaryl/α,β-unsaturated/α-hetero) is 1. The maximum atomic E-state index is 12.7. The van der Waals surface area contributed by atoms with Crippen molar-refractivity contribution in [2.45, 2.75) is 82.1 Å². The molecule has 2 N–H and O–H groups in total. The molecule has 0 amide bonds. The second-order valence-electron chi connectivity index (χ2n) is 11.2. The Balaban J connectivity index is 1.37. The van der Waals surface area contributed by atoms with Gasteiger partial charge in [0.1, 0.15) is 5.78 Å². The van der Waals surface area contributed by atoms with E-state index in [1.807, 2.05) is 0 Å². The largest absolute Gasteiger partial charge is 0.396 e. The lowest BCUT2D eigenvalue weighted by atomic mass is 9.43. The summed E-state index contributed by atoms with van der Waals surface area (Å²) in [5.41, 5.74) is 0.356. The number of nitrogens with one attached hydrogen (secondary N) is 1. The second kappa shape index (κ2) is 7.27. The molecule has 3 nitrogen and oxygen atoms in total. The molecule has 158 valence electrons. The number of carbonyl (C=O) groups is 1. The summed E-state index contributed by atoms with van der Waals surface area (Å²) in [4.78, 5) is 12.7. The van der Waals surface area contributed by atoms with Crippen LogP contribution in [0.5, 0.6) is 0 Å². The maximum Gasteiger partial charge on any atom is 0.139 e. The number of hydrogen-bond donors (Lipinski definition) is 2. The van der Waals surface area contributed by atoms with Crippen LogP contribution in [0.15, 0.2) is 0 Å². The molecule has 0 aromatic rings. The van der Waals surface area contributed by atoms with E-state index in [1.54, 1.807) is 0 Å². The summed E-state index contributed by atoms with van der Waals surface area (Å²) in [6.45, 7) is 7.58. The van der Waals surface area contributed by atoms with E-state index in [4.69, 9.17) is 0 Å². The zero-order chi connectivity index (χ0) is 19.5. The zero-order valence-corrected chi connectivity index (χ0v) is 18.6. The summed E-state index contributed by atoms with van der Waals surface area (Å²) in [7, 11) is 0. The van der Waals surface area contributed by atoms with E-state index >= 15 is 0 Å². The third-order valence-corrected chi connectivity index (χ3v) is 11.7. The molecule has 0 aromatic heterocycles. The molecule has 5 rings (SSSR count). The number of aliphatic hydroxyl groups is 1. The van der Waals surface area contributed by atoms with Crippen LogP contribution in [0.1, 0.15) is 71.6 Å². The average Bonchev–Trinajstić information content (AvgIpc) is 3.30. The summed E-state index contributed by atoms with van der Waals surface area (Å²) in [6, 6.07) is 0. The molecule has 4 heteroatoms. The van der Waals surface area contributed by atoms with E-state index < -0.39 is 0 Å². The van der Waals surface area contributed by atoms with Gasteiger partial charge in [-0.05, 0) is 92.9 Å². The summed E-state index contributed by atoms with van der Waals surface area (Å²) >= 11 is 2.27. The molecule has 0 bridgehead atoms. The highest BCUT2D eigenvalue weighted by molar-refractivity contribution is 8.00. The van der Waals surface area contributed by atoms with Crippen molar-refractivity contribution in [1.29, 1.82) is 0 Å². The van der Waals surface area contributed by atoms with E-state index in [0.29, 0.717) is 35.6 Å². The van der Waals surface area contributed by atoms with E-state index in [0.717, 1.165) is 41.6 Å². The summed E-state index contributed by atoms with van der Waals surface area (Å²) < 4.78 is 0. The first-order valence-corrected chi connectivity index (χ1v) is 12.9. The molecule has 5 aliphatic rings. The molecule has 1 aliphatic heterocycles. The molecule has 4 aliphatic carbocycles. The van der Waals surface area contributed by atoms with Gasteiger partial charge in [0.25, 0.3) is 0 Å². The van der Waals surface area contributed by atoms with Gasteiger partial charge in [-0.2, -0.15) is 11.8 Å². The van der Waals surface area contributed by atoms with Crippen LogP contribution in [0.3, 0.4) is 0 Å². The van der Waals surface area contributed by atoms with Crippen LogP contribution in [0.25, 0.3) is 0 Å². The molecule has 0 spiro atoms. The van der Waals surface area contributed by atoms with Crippen molar-refractivity contribution in [2.24, 2.45) is 40.4 Å². The predicted molar refractivity (Wildman–Crippen MR) is 115 cm³/mol. The number of fused-ring (bicyclic) bond motifs is 5. The van der Waals surface area contributed by atoms with E-state index in [1.165, 1.54) is 51.6 Å². The molecule has 4 saturated carbocycles. The molecule has 1 saturated heterocycles. The Hall–Kier alpha value is -0.0600.